The second-order valence-electron chi connectivity index (χ2n) is 7.30. The molecule has 6 nitrogen and oxygen atoms in total. The Morgan fingerprint density at radius 1 is 1.10 bits per heavy atom. The molecule has 0 radical (unpaired) electrons. The smallest absolute Gasteiger partial charge is 0.252 e. The van der Waals surface area contributed by atoms with Crippen molar-refractivity contribution in [2.24, 2.45) is 0 Å². The van der Waals surface area contributed by atoms with Crippen LogP contribution in [-0.2, 0) is 4.79 Å². The average molecular weight is 413 g/mol. The number of rotatable bonds is 5. The zero-order valence-corrected chi connectivity index (χ0v) is 18.2. The first kappa shape index (κ1) is 20.0. The number of amides is 1. The van der Waals surface area contributed by atoms with E-state index < -0.39 is 0 Å². The highest BCUT2D eigenvalue weighted by Gasteiger charge is 2.30. The van der Waals surface area contributed by atoms with E-state index in [1.54, 1.807) is 20.3 Å². The molecule has 3 aliphatic rings. The lowest BCUT2D eigenvalue weighted by Crippen LogP contribution is -2.46. The Balaban J connectivity index is 1.52. The van der Waals surface area contributed by atoms with E-state index >= 15 is 0 Å². The molecule has 0 bridgehead atoms. The van der Waals surface area contributed by atoms with Crippen LogP contribution < -0.4 is 9.47 Å². The maximum Gasteiger partial charge on any atom is 0.252 e. The summed E-state index contributed by atoms with van der Waals surface area (Å²) in [7, 11) is 3.74. The van der Waals surface area contributed by atoms with Crippen molar-refractivity contribution in [3.63, 3.8) is 0 Å². The van der Waals surface area contributed by atoms with Crippen molar-refractivity contribution < 1.29 is 14.3 Å². The van der Waals surface area contributed by atoms with Gasteiger partial charge in [0.25, 0.3) is 5.91 Å². The lowest BCUT2D eigenvalue weighted by molar-refractivity contribution is -0.123. The van der Waals surface area contributed by atoms with Crippen molar-refractivity contribution in [2.75, 3.05) is 46.9 Å². The molecule has 0 spiro atoms. The molecule has 0 aliphatic carbocycles. The van der Waals surface area contributed by atoms with E-state index in [2.05, 4.69) is 28.9 Å². The van der Waals surface area contributed by atoms with Crippen molar-refractivity contribution in [3.8, 4) is 11.5 Å². The van der Waals surface area contributed by atoms with Gasteiger partial charge in [0, 0.05) is 38.5 Å². The molecular weight excluding hydrogens is 385 g/mol. The molecule has 1 saturated heterocycles. The van der Waals surface area contributed by atoms with Crippen LogP contribution in [0, 0.1) is 0 Å². The number of benzene rings is 1. The third-order valence-electron chi connectivity index (χ3n) is 5.73. The number of nitrogens with zero attached hydrogens (tertiary/aromatic N) is 3. The number of likely N-dealkylation sites (N-methyl/N-ethyl adjacent to an activating group) is 1. The first-order valence-electron chi connectivity index (χ1n) is 10.0. The van der Waals surface area contributed by atoms with Crippen LogP contribution in [0.4, 0.5) is 0 Å². The Labute approximate surface area is 174 Å². The fourth-order valence-electron chi connectivity index (χ4n) is 3.95. The van der Waals surface area contributed by atoms with Crippen molar-refractivity contribution >= 4 is 19.8 Å². The molecular formula is C22H28N3O3P. The van der Waals surface area contributed by atoms with E-state index in [0.29, 0.717) is 20.1 Å². The number of allylic oxidation sites excluding steroid dienone is 1. The summed E-state index contributed by atoms with van der Waals surface area (Å²) in [6.45, 7) is 7.46. The van der Waals surface area contributed by atoms with Gasteiger partial charge >= 0.3 is 0 Å². The third-order valence-corrected chi connectivity index (χ3v) is 7.24. The van der Waals surface area contributed by atoms with Gasteiger partial charge in [-0.1, -0.05) is 27.6 Å². The molecule has 1 aromatic carbocycles. The highest BCUT2D eigenvalue weighted by Crippen LogP contribution is 2.46. The SMILES string of the molecule is CCN1CCN(C2=CN3C(=O)C=C(c4ccc(OC)c(OC)c4)PC3C=C2)CC1. The summed E-state index contributed by atoms with van der Waals surface area (Å²) < 4.78 is 10.7. The van der Waals surface area contributed by atoms with Gasteiger partial charge in [0.2, 0.25) is 0 Å². The maximum absolute atomic E-state index is 12.9. The summed E-state index contributed by atoms with van der Waals surface area (Å²) in [4.78, 5) is 19.6. The highest BCUT2D eigenvalue weighted by atomic mass is 31.1. The van der Waals surface area contributed by atoms with Gasteiger partial charge in [-0.05, 0) is 35.6 Å². The predicted octanol–water partition coefficient (Wildman–Crippen LogP) is 2.94. The molecule has 2 atom stereocenters. The Kier molecular flexibility index (Phi) is 5.93. The normalized spacial score (nSPS) is 23.0. The highest BCUT2D eigenvalue weighted by molar-refractivity contribution is 7.51. The molecule has 3 aliphatic heterocycles. The summed E-state index contributed by atoms with van der Waals surface area (Å²) in [5.41, 5.74) is 2.14. The Hall–Kier alpha value is -2.30. The van der Waals surface area contributed by atoms with Crippen LogP contribution >= 0.6 is 8.58 Å². The van der Waals surface area contributed by atoms with E-state index in [0.717, 1.165) is 49.3 Å². The molecule has 0 saturated carbocycles. The second kappa shape index (κ2) is 8.60. The van der Waals surface area contributed by atoms with Crippen LogP contribution in [0.2, 0.25) is 0 Å². The summed E-state index contributed by atoms with van der Waals surface area (Å²) in [5.74, 6) is 1.49. The topological polar surface area (TPSA) is 45.2 Å². The first-order chi connectivity index (χ1) is 14.1. The minimum absolute atomic E-state index is 0.0348. The van der Waals surface area contributed by atoms with E-state index in [1.165, 1.54) is 0 Å². The van der Waals surface area contributed by atoms with Gasteiger partial charge in [0.1, 0.15) is 0 Å². The molecule has 29 heavy (non-hydrogen) atoms. The van der Waals surface area contributed by atoms with E-state index in [9.17, 15) is 4.79 Å². The van der Waals surface area contributed by atoms with Crippen LogP contribution in [0.1, 0.15) is 12.5 Å². The number of fused-ring (bicyclic) bond motifs is 1. The zero-order chi connectivity index (χ0) is 20.4. The fourth-order valence-corrected chi connectivity index (χ4v) is 5.33. The number of piperazine rings is 1. The minimum Gasteiger partial charge on any atom is -0.493 e. The first-order valence-corrected chi connectivity index (χ1v) is 11.1. The molecule has 3 heterocycles. The Bertz CT molecular complexity index is 872. The van der Waals surface area contributed by atoms with Crippen LogP contribution in [0.5, 0.6) is 11.5 Å². The van der Waals surface area contributed by atoms with Gasteiger partial charge in [-0.3, -0.25) is 4.79 Å². The number of carbonyl (C=O) groups excluding carboxylic acids is 1. The summed E-state index contributed by atoms with van der Waals surface area (Å²) in [6.07, 6.45) is 8.15. The van der Waals surface area contributed by atoms with Gasteiger partial charge in [0.15, 0.2) is 11.5 Å². The average Bonchev–Trinajstić information content (AvgIpc) is 2.78. The molecule has 4 rings (SSSR count). The van der Waals surface area contributed by atoms with Crippen molar-refractivity contribution in [1.82, 2.24) is 14.7 Å². The number of ether oxygens (including phenoxy) is 2. The van der Waals surface area contributed by atoms with E-state index in [1.807, 2.05) is 29.3 Å². The molecule has 2 unspecified atom stereocenters. The van der Waals surface area contributed by atoms with Crippen LogP contribution in [0.25, 0.3) is 5.31 Å². The maximum atomic E-state index is 12.9. The molecule has 1 fully saturated rings. The van der Waals surface area contributed by atoms with Crippen LogP contribution in [0.15, 0.2) is 48.3 Å². The number of hydrogen-bond acceptors (Lipinski definition) is 5. The summed E-state index contributed by atoms with van der Waals surface area (Å²) >= 11 is 0. The number of hydrogen-bond donors (Lipinski definition) is 0. The molecule has 1 amide bonds. The minimum atomic E-state index is 0.0348. The summed E-state index contributed by atoms with van der Waals surface area (Å²) in [5, 5.41) is 1.05. The molecule has 0 N–H and O–H groups in total. The summed E-state index contributed by atoms with van der Waals surface area (Å²) in [6, 6.07) is 5.83. The molecule has 154 valence electrons. The molecule has 0 aromatic heterocycles. The fraction of sp³-hybridized carbons (Fsp3) is 0.409. The number of carbonyl (C=O) groups is 1. The van der Waals surface area contributed by atoms with E-state index in [-0.39, 0.29) is 11.7 Å². The molecule has 7 heteroatoms. The van der Waals surface area contributed by atoms with Crippen molar-refractivity contribution in [2.45, 2.75) is 12.7 Å². The standard InChI is InChI=1S/C22H28N3O3P/c1-4-23-9-11-24(12-10-23)17-6-8-22-25(15-17)21(26)14-20(29-22)16-5-7-18(27-2)19(13-16)28-3/h5-8,13-15,22,29H,4,9-12H2,1-3H3. The number of methoxy groups -OCH3 is 2. The zero-order valence-electron chi connectivity index (χ0n) is 17.2. The van der Waals surface area contributed by atoms with Gasteiger partial charge in [-0.2, -0.15) is 0 Å². The molecule has 1 aromatic rings. The Morgan fingerprint density at radius 2 is 1.86 bits per heavy atom. The van der Waals surface area contributed by atoms with Crippen LogP contribution in [-0.4, -0.2) is 73.3 Å². The lowest BCUT2D eigenvalue weighted by atomic mass is 10.1. The van der Waals surface area contributed by atoms with Gasteiger partial charge in [-0.25, -0.2) is 0 Å². The largest absolute Gasteiger partial charge is 0.493 e. The van der Waals surface area contributed by atoms with E-state index in [4.69, 9.17) is 9.47 Å². The van der Waals surface area contributed by atoms with Gasteiger partial charge < -0.3 is 24.2 Å². The third kappa shape index (κ3) is 4.05. The van der Waals surface area contributed by atoms with Crippen molar-refractivity contribution in [1.29, 1.82) is 0 Å². The second-order valence-corrected chi connectivity index (χ2v) is 8.72. The lowest BCUT2D eigenvalue weighted by Gasteiger charge is -2.40. The van der Waals surface area contributed by atoms with Crippen molar-refractivity contribution in [3.05, 3.63) is 53.9 Å². The quantitative estimate of drug-likeness (QED) is 0.695. The monoisotopic (exact) mass is 413 g/mol. The Morgan fingerprint density at radius 3 is 2.55 bits per heavy atom. The van der Waals surface area contributed by atoms with Gasteiger partial charge in [-0.15, -0.1) is 0 Å². The van der Waals surface area contributed by atoms with Gasteiger partial charge in [0.05, 0.1) is 25.7 Å². The van der Waals surface area contributed by atoms with Crippen LogP contribution in [0.3, 0.4) is 0 Å². The predicted molar refractivity (Wildman–Crippen MR) is 117 cm³/mol.